The summed E-state index contributed by atoms with van der Waals surface area (Å²) in [5.41, 5.74) is 2.51. The number of non-ortho nitro benzene ring substituents is 1. The second-order valence-electron chi connectivity index (χ2n) is 6.12. The van der Waals surface area contributed by atoms with Crippen molar-refractivity contribution in [1.29, 1.82) is 0 Å². The van der Waals surface area contributed by atoms with Gasteiger partial charge in [0.15, 0.2) is 0 Å². The average Bonchev–Trinajstić information content (AvgIpc) is 2.94. The van der Waals surface area contributed by atoms with Crippen molar-refractivity contribution >= 4 is 46.0 Å². The molecule has 2 aromatic carbocycles. The fourth-order valence-electron chi connectivity index (χ4n) is 2.74. The van der Waals surface area contributed by atoms with Crippen molar-refractivity contribution in [1.82, 2.24) is 4.90 Å². The van der Waals surface area contributed by atoms with Gasteiger partial charge in [0.2, 0.25) is 0 Å². The number of rotatable bonds is 6. The first kappa shape index (κ1) is 20.0. The topological polar surface area (TPSA) is 72.7 Å². The number of ether oxygens (including phenoxy) is 1. The molecule has 2 aromatic rings. The fraction of sp³-hybridized carbons (Fsp3) is 0.200. The van der Waals surface area contributed by atoms with Crippen LogP contribution in [-0.4, -0.2) is 26.6 Å². The molecule has 0 unspecified atom stereocenters. The van der Waals surface area contributed by atoms with Crippen molar-refractivity contribution < 1.29 is 14.5 Å². The minimum Gasteiger partial charge on any atom is -0.488 e. The highest BCUT2D eigenvalue weighted by atomic mass is 32.2. The van der Waals surface area contributed by atoms with Crippen LogP contribution >= 0.6 is 24.0 Å². The van der Waals surface area contributed by atoms with Gasteiger partial charge in [-0.25, -0.2) is 0 Å². The van der Waals surface area contributed by atoms with Crippen LogP contribution in [0.4, 0.5) is 5.69 Å². The Morgan fingerprint density at radius 1 is 1.29 bits per heavy atom. The van der Waals surface area contributed by atoms with Gasteiger partial charge in [0.1, 0.15) is 16.7 Å². The van der Waals surface area contributed by atoms with Crippen molar-refractivity contribution in [3.63, 3.8) is 0 Å². The number of thiocarbonyl (C=S) groups is 1. The van der Waals surface area contributed by atoms with E-state index in [1.807, 2.05) is 38.1 Å². The van der Waals surface area contributed by atoms with E-state index < -0.39 is 4.92 Å². The zero-order chi connectivity index (χ0) is 20.3. The number of likely N-dealkylation sites (N-methyl/N-ethyl adjacent to an activating group) is 1. The van der Waals surface area contributed by atoms with Gasteiger partial charge in [-0.05, 0) is 37.1 Å². The van der Waals surface area contributed by atoms with Gasteiger partial charge in [0, 0.05) is 24.2 Å². The molecule has 0 aromatic heterocycles. The molecule has 0 radical (unpaired) electrons. The number of hydrogen-bond acceptors (Lipinski definition) is 6. The molecule has 0 bridgehead atoms. The number of nitrogens with zero attached hydrogens (tertiary/aromatic N) is 2. The minimum absolute atomic E-state index is 0.0690. The molecule has 3 rings (SSSR count). The van der Waals surface area contributed by atoms with E-state index in [2.05, 4.69) is 0 Å². The monoisotopic (exact) mass is 414 g/mol. The molecule has 0 spiro atoms. The predicted molar refractivity (Wildman–Crippen MR) is 114 cm³/mol. The molecule has 1 aliphatic heterocycles. The first-order valence-corrected chi connectivity index (χ1v) is 9.84. The summed E-state index contributed by atoms with van der Waals surface area (Å²) < 4.78 is 6.41. The van der Waals surface area contributed by atoms with Crippen LogP contribution in [0.15, 0.2) is 47.4 Å². The number of nitro benzene ring substituents is 1. The molecule has 0 N–H and O–H groups in total. The summed E-state index contributed by atoms with van der Waals surface area (Å²) in [6.07, 6.45) is 1.61. The molecule has 0 atom stereocenters. The third-order valence-electron chi connectivity index (χ3n) is 4.33. The quantitative estimate of drug-likeness (QED) is 0.295. The fourth-order valence-corrected chi connectivity index (χ4v) is 4.11. The lowest BCUT2D eigenvalue weighted by Crippen LogP contribution is -2.27. The lowest BCUT2D eigenvalue weighted by molar-refractivity contribution is -0.384. The summed E-state index contributed by atoms with van der Waals surface area (Å²) in [6, 6.07) is 12.2. The Hall–Kier alpha value is -2.71. The predicted octanol–water partition coefficient (Wildman–Crippen LogP) is 4.70. The molecule has 6 nitrogen and oxygen atoms in total. The summed E-state index contributed by atoms with van der Waals surface area (Å²) in [6.45, 7) is 4.64. The Morgan fingerprint density at radius 2 is 2.04 bits per heavy atom. The van der Waals surface area contributed by atoms with Crippen molar-refractivity contribution in [2.45, 2.75) is 20.5 Å². The van der Waals surface area contributed by atoms with Crippen molar-refractivity contribution in [2.75, 3.05) is 6.54 Å². The van der Waals surface area contributed by atoms with Crippen molar-refractivity contribution in [3.05, 3.63) is 74.2 Å². The Labute approximate surface area is 172 Å². The molecule has 1 heterocycles. The molecule has 8 heteroatoms. The van der Waals surface area contributed by atoms with Gasteiger partial charge in [-0.15, -0.1) is 0 Å². The van der Waals surface area contributed by atoms with Gasteiger partial charge in [0.05, 0.1) is 9.83 Å². The maximum atomic E-state index is 12.5. The lowest BCUT2D eigenvalue weighted by atomic mass is 10.1. The van der Waals surface area contributed by atoms with E-state index in [1.165, 1.54) is 28.8 Å². The molecule has 144 valence electrons. The van der Waals surface area contributed by atoms with Crippen molar-refractivity contribution in [2.24, 2.45) is 0 Å². The molecular formula is C20H18N2O4S2. The molecule has 1 fully saturated rings. The summed E-state index contributed by atoms with van der Waals surface area (Å²) in [4.78, 5) is 25.1. The largest absolute Gasteiger partial charge is 0.488 e. The summed E-state index contributed by atoms with van der Waals surface area (Å²) in [5, 5.41) is 11.2. The molecule has 1 saturated heterocycles. The van der Waals surface area contributed by atoms with Gasteiger partial charge in [0.25, 0.3) is 11.6 Å². The van der Waals surface area contributed by atoms with E-state index >= 15 is 0 Å². The van der Waals surface area contributed by atoms with Crippen LogP contribution in [0.1, 0.15) is 23.6 Å². The second-order valence-corrected chi connectivity index (χ2v) is 7.80. The molecule has 1 aliphatic rings. The van der Waals surface area contributed by atoms with Gasteiger partial charge in [-0.3, -0.25) is 19.8 Å². The number of nitro groups is 1. The van der Waals surface area contributed by atoms with Gasteiger partial charge in [-0.1, -0.05) is 48.2 Å². The molecule has 28 heavy (non-hydrogen) atoms. The smallest absolute Gasteiger partial charge is 0.270 e. The zero-order valence-corrected chi connectivity index (χ0v) is 17.0. The summed E-state index contributed by atoms with van der Waals surface area (Å²) in [5.74, 6) is 0.268. The van der Waals surface area contributed by atoms with E-state index in [-0.39, 0.29) is 11.6 Å². The Kier molecular flexibility index (Phi) is 6.11. The van der Waals surface area contributed by atoms with Crippen LogP contribution in [0.2, 0.25) is 0 Å². The van der Waals surface area contributed by atoms with Crippen molar-refractivity contribution in [3.8, 4) is 5.75 Å². The van der Waals surface area contributed by atoms with E-state index in [0.29, 0.717) is 33.7 Å². The number of benzene rings is 2. The Balaban J connectivity index is 1.94. The van der Waals surface area contributed by atoms with E-state index in [0.717, 1.165) is 11.1 Å². The number of carbonyl (C=O) groups is 1. The number of carbonyl (C=O) groups excluding carboxylic acids is 1. The maximum Gasteiger partial charge on any atom is 0.270 e. The summed E-state index contributed by atoms with van der Waals surface area (Å²) >= 11 is 6.41. The highest BCUT2D eigenvalue weighted by Gasteiger charge is 2.31. The number of amides is 1. The van der Waals surface area contributed by atoms with E-state index in [9.17, 15) is 14.9 Å². The minimum atomic E-state index is -0.472. The zero-order valence-electron chi connectivity index (χ0n) is 15.4. The highest BCUT2D eigenvalue weighted by molar-refractivity contribution is 8.26. The van der Waals surface area contributed by atoms with E-state index in [1.54, 1.807) is 12.1 Å². The number of hydrogen-bond donors (Lipinski definition) is 0. The lowest BCUT2D eigenvalue weighted by Gasteiger charge is -2.12. The standard InChI is InChI=1S/C20H18N2O4S2/c1-3-21-19(23)18(28-20(21)27)11-15-10-16(22(24)25)8-9-17(15)26-12-14-7-5-4-6-13(14)2/h4-11H,3,12H2,1-2H3/b18-11+. The first-order chi connectivity index (χ1) is 13.4. The van der Waals surface area contributed by atoms with Crippen LogP contribution in [0, 0.1) is 17.0 Å². The Bertz CT molecular complexity index is 988. The van der Waals surface area contributed by atoms with Crippen LogP contribution in [0.5, 0.6) is 5.75 Å². The van der Waals surface area contributed by atoms with Gasteiger partial charge >= 0.3 is 0 Å². The van der Waals surface area contributed by atoms with Crippen LogP contribution in [0.3, 0.4) is 0 Å². The van der Waals surface area contributed by atoms with E-state index in [4.69, 9.17) is 17.0 Å². The summed E-state index contributed by atoms with van der Waals surface area (Å²) in [7, 11) is 0. The maximum absolute atomic E-state index is 12.5. The van der Waals surface area contributed by atoms with Gasteiger partial charge < -0.3 is 4.74 Å². The molecular weight excluding hydrogens is 396 g/mol. The highest BCUT2D eigenvalue weighted by Crippen LogP contribution is 2.35. The molecule has 0 saturated carbocycles. The van der Waals surface area contributed by atoms with Gasteiger partial charge in [-0.2, -0.15) is 0 Å². The molecule has 1 amide bonds. The SMILES string of the molecule is CCN1C(=O)/C(=C\c2cc([N+](=O)[O-])ccc2OCc2ccccc2C)SC1=S. The first-order valence-electron chi connectivity index (χ1n) is 8.61. The number of aryl methyl sites for hydroxylation is 1. The van der Waals surface area contributed by atoms with Crippen LogP contribution < -0.4 is 4.74 Å². The normalized spacial score (nSPS) is 15.4. The Morgan fingerprint density at radius 3 is 2.68 bits per heavy atom. The third-order valence-corrected chi connectivity index (χ3v) is 5.70. The third kappa shape index (κ3) is 4.23. The molecule has 0 aliphatic carbocycles. The average molecular weight is 415 g/mol. The van der Waals surface area contributed by atoms with Crippen LogP contribution in [-0.2, 0) is 11.4 Å². The van der Waals surface area contributed by atoms with Crippen LogP contribution in [0.25, 0.3) is 6.08 Å². The number of thioether (sulfide) groups is 1. The second kappa shape index (κ2) is 8.53.